The van der Waals surface area contributed by atoms with Crippen molar-refractivity contribution in [2.75, 3.05) is 20.2 Å². The SMILES string of the molecule is COc1ccc(C(=O)O)cc1-c1ccc([C@@H]2CC23CCN(C(=O)C2CC2)CC3)cc1. The number of amides is 1. The van der Waals surface area contributed by atoms with Crippen molar-refractivity contribution in [1.82, 2.24) is 4.90 Å². The zero-order valence-corrected chi connectivity index (χ0v) is 17.3. The maximum Gasteiger partial charge on any atom is 0.335 e. The fourth-order valence-corrected chi connectivity index (χ4v) is 5.09. The summed E-state index contributed by atoms with van der Waals surface area (Å²) in [5, 5.41) is 9.31. The molecule has 2 aliphatic carbocycles. The van der Waals surface area contributed by atoms with Gasteiger partial charge >= 0.3 is 5.97 Å². The molecule has 2 aromatic rings. The summed E-state index contributed by atoms with van der Waals surface area (Å²) in [5.41, 5.74) is 3.71. The van der Waals surface area contributed by atoms with Crippen molar-refractivity contribution in [2.45, 2.75) is 38.0 Å². The Kier molecular flexibility index (Phi) is 4.57. The van der Waals surface area contributed by atoms with Crippen LogP contribution >= 0.6 is 0 Å². The summed E-state index contributed by atoms with van der Waals surface area (Å²) in [4.78, 5) is 25.7. The van der Waals surface area contributed by atoms with Gasteiger partial charge in [0, 0.05) is 24.6 Å². The molecule has 1 aliphatic heterocycles. The first-order valence-electron chi connectivity index (χ1n) is 10.8. The van der Waals surface area contributed by atoms with Crippen LogP contribution in [-0.4, -0.2) is 42.1 Å². The Morgan fingerprint density at radius 1 is 1.07 bits per heavy atom. The quantitative estimate of drug-likeness (QED) is 0.792. The predicted molar refractivity (Wildman–Crippen MR) is 114 cm³/mol. The lowest BCUT2D eigenvalue weighted by Gasteiger charge is -2.33. The average Bonchev–Trinajstić information content (AvgIpc) is 3.70. The Balaban J connectivity index is 1.29. The van der Waals surface area contributed by atoms with E-state index >= 15 is 0 Å². The zero-order chi connectivity index (χ0) is 20.9. The van der Waals surface area contributed by atoms with Crippen molar-refractivity contribution in [1.29, 1.82) is 0 Å². The minimum Gasteiger partial charge on any atom is -0.496 e. The van der Waals surface area contributed by atoms with Gasteiger partial charge in [-0.2, -0.15) is 0 Å². The average molecular weight is 405 g/mol. The highest BCUT2D eigenvalue weighted by Gasteiger charge is 2.55. The highest BCUT2D eigenvalue weighted by atomic mass is 16.5. The van der Waals surface area contributed by atoms with Crippen LogP contribution in [0.15, 0.2) is 42.5 Å². The van der Waals surface area contributed by atoms with Gasteiger partial charge in [-0.15, -0.1) is 0 Å². The van der Waals surface area contributed by atoms with E-state index in [4.69, 9.17) is 4.74 Å². The number of carboxylic acids is 1. The molecule has 3 fully saturated rings. The van der Waals surface area contributed by atoms with Gasteiger partial charge in [-0.05, 0) is 72.8 Å². The van der Waals surface area contributed by atoms with Crippen LogP contribution in [-0.2, 0) is 4.79 Å². The van der Waals surface area contributed by atoms with Crippen molar-refractivity contribution < 1.29 is 19.4 Å². The standard InChI is InChI=1S/C25H27NO4/c1-30-22-9-8-19(24(28)29)14-20(22)16-2-4-17(5-3-16)21-15-25(21)10-12-26(13-11-25)23(27)18-6-7-18/h2-5,8-9,14,18,21H,6-7,10-13,15H2,1H3,(H,28,29)/t21-/m0/s1. The van der Waals surface area contributed by atoms with Crippen LogP contribution in [0.4, 0.5) is 0 Å². The molecule has 1 N–H and O–H groups in total. The van der Waals surface area contributed by atoms with E-state index in [2.05, 4.69) is 29.2 Å². The van der Waals surface area contributed by atoms with Gasteiger partial charge in [0.05, 0.1) is 12.7 Å². The molecule has 0 aromatic heterocycles. The highest BCUT2D eigenvalue weighted by Crippen LogP contribution is 2.65. The first kappa shape index (κ1) is 19.2. The summed E-state index contributed by atoms with van der Waals surface area (Å²) < 4.78 is 5.44. The molecule has 5 nitrogen and oxygen atoms in total. The second kappa shape index (κ2) is 7.15. The summed E-state index contributed by atoms with van der Waals surface area (Å²) in [6.45, 7) is 1.81. The molecule has 1 amide bonds. The van der Waals surface area contributed by atoms with Gasteiger partial charge in [0.25, 0.3) is 0 Å². The third-order valence-corrected chi connectivity index (χ3v) is 7.26. The van der Waals surface area contributed by atoms with Crippen molar-refractivity contribution in [3.05, 3.63) is 53.6 Å². The molecule has 2 saturated carbocycles. The van der Waals surface area contributed by atoms with Gasteiger partial charge in [-0.25, -0.2) is 4.79 Å². The largest absolute Gasteiger partial charge is 0.496 e. The van der Waals surface area contributed by atoms with Gasteiger partial charge in [0.2, 0.25) is 5.91 Å². The molecular formula is C25H27NO4. The number of benzene rings is 2. The molecule has 30 heavy (non-hydrogen) atoms. The summed E-state index contributed by atoms with van der Waals surface area (Å²) in [7, 11) is 1.60. The predicted octanol–water partition coefficient (Wildman–Crippen LogP) is 4.57. The zero-order valence-electron chi connectivity index (χ0n) is 17.3. The van der Waals surface area contributed by atoms with E-state index in [-0.39, 0.29) is 5.56 Å². The van der Waals surface area contributed by atoms with Crippen LogP contribution < -0.4 is 4.74 Å². The van der Waals surface area contributed by atoms with E-state index in [1.165, 1.54) is 12.0 Å². The number of hydrogen-bond donors (Lipinski definition) is 1. The van der Waals surface area contributed by atoms with Crippen molar-refractivity contribution in [2.24, 2.45) is 11.3 Å². The number of piperidine rings is 1. The second-order valence-corrected chi connectivity index (χ2v) is 9.06. The minimum absolute atomic E-state index is 0.253. The molecular weight excluding hydrogens is 378 g/mol. The van der Waals surface area contributed by atoms with Gasteiger partial charge in [-0.3, -0.25) is 4.79 Å². The smallest absolute Gasteiger partial charge is 0.335 e. The number of ether oxygens (including phenoxy) is 1. The molecule has 1 heterocycles. The summed E-state index contributed by atoms with van der Waals surface area (Å²) >= 11 is 0. The number of carbonyl (C=O) groups is 2. The lowest BCUT2D eigenvalue weighted by atomic mass is 9.88. The Hall–Kier alpha value is -2.82. The fourth-order valence-electron chi connectivity index (χ4n) is 5.09. The van der Waals surface area contributed by atoms with Gasteiger partial charge in [0.1, 0.15) is 5.75 Å². The highest BCUT2D eigenvalue weighted by molar-refractivity contribution is 5.90. The van der Waals surface area contributed by atoms with E-state index < -0.39 is 5.97 Å². The number of hydrogen-bond acceptors (Lipinski definition) is 3. The number of carboxylic acid groups (broad SMARTS) is 1. The molecule has 2 aromatic carbocycles. The summed E-state index contributed by atoms with van der Waals surface area (Å²) in [6.07, 6.45) is 5.57. The third kappa shape index (κ3) is 3.36. The molecule has 1 saturated heterocycles. The van der Waals surface area contributed by atoms with E-state index in [1.54, 1.807) is 25.3 Å². The topological polar surface area (TPSA) is 66.8 Å². The Morgan fingerprint density at radius 3 is 2.37 bits per heavy atom. The van der Waals surface area contributed by atoms with Crippen molar-refractivity contribution in [3.8, 4) is 16.9 Å². The number of nitrogens with zero attached hydrogens (tertiary/aromatic N) is 1. The maximum absolute atomic E-state index is 12.3. The van der Waals surface area contributed by atoms with Crippen LogP contribution in [0.1, 0.15) is 53.9 Å². The van der Waals surface area contributed by atoms with Crippen LogP contribution in [0.5, 0.6) is 5.75 Å². The third-order valence-electron chi connectivity index (χ3n) is 7.26. The van der Waals surface area contributed by atoms with Crippen LogP contribution in [0.2, 0.25) is 0 Å². The molecule has 3 aliphatic rings. The first-order valence-corrected chi connectivity index (χ1v) is 10.8. The lowest BCUT2D eigenvalue weighted by Crippen LogP contribution is -2.40. The van der Waals surface area contributed by atoms with E-state index in [0.29, 0.717) is 28.9 Å². The van der Waals surface area contributed by atoms with E-state index in [1.807, 2.05) is 0 Å². The second-order valence-electron chi connectivity index (χ2n) is 9.06. The van der Waals surface area contributed by atoms with E-state index in [9.17, 15) is 14.7 Å². The monoisotopic (exact) mass is 405 g/mol. The Labute approximate surface area is 176 Å². The number of carbonyl (C=O) groups excluding carboxylic acids is 1. The lowest BCUT2D eigenvalue weighted by molar-refractivity contribution is -0.134. The van der Waals surface area contributed by atoms with Crippen LogP contribution in [0, 0.1) is 11.3 Å². The number of rotatable bonds is 5. The molecule has 0 unspecified atom stereocenters. The van der Waals surface area contributed by atoms with Gasteiger partial charge in [-0.1, -0.05) is 24.3 Å². The molecule has 1 atom stereocenters. The maximum atomic E-state index is 12.3. The summed E-state index contributed by atoms with van der Waals surface area (Å²) in [5.74, 6) is 0.990. The van der Waals surface area contributed by atoms with Gasteiger partial charge in [0.15, 0.2) is 0 Å². The van der Waals surface area contributed by atoms with Crippen molar-refractivity contribution >= 4 is 11.9 Å². The molecule has 5 heteroatoms. The molecule has 1 spiro atoms. The number of methoxy groups -OCH3 is 1. The fraction of sp³-hybridized carbons (Fsp3) is 0.440. The van der Waals surface area contributed by atoms with Gasteiger partial charge < -0.3 is 14.7 Å². The molecule has 0 bridgehead atoms. The Bertz CT molecular complexity index is 985. The summed E-state index contributed by atoms with van der Waals surface area (Å²) in [6, 6.07) is 13.4. The normalized spacial score (nSPS) is 22.0. The number of aromatic carboxylic acids is 1. The minimum atomic E-state index is -0.943. The molecule has 156 valence electrons. The van der Waals surface area contributed by atoms with E-state index in [0.717, 1.165) is 49.9 Å². The molecule has 5 rings (SSSR count). The van der Waals surface area contributed by atoms with Crippen LogP contribution in [0.3, 0.4) is 0 Å². The Morgan fingerprint density at radius 2 is 1.77 bits per heavy atom. The number of likely N-dealkylation sites (tertiary alicyclic amines) is 1. The van der Waals surface area contributed by atoms with Crippen LogP contribution in [0.25, 0.3) is 11.1 Å². The van der Waals surface area contributed by atoms with Crippen molar-refractivity contribution in [3.63, 3.8) is 0 Å². The first-order chi connectivity index (χ1) is 14.5. The molecule has 0 radical (unpaired) electrons.